The van der Waals surface area contributed by atoms with Crippen molar-refractivity contribution < 1.29 is 0 Å². The van der Waals surface area contributed by atoms with E-state index in [2.05, 4.69) is 42.4 Å². The molecule has 0 radical (unpaired) electrons. The van der Waals surface area contributed by atoms with Gasteiger partial charge in [-0.2, -0.15) is 0 Å². The molecule has 0 fully saturated rings. The fraction of sp³-hybridized carbons (Fsp3) is 0.333. The number of nitrogens with one attached hydrogen (secondary N) is 1. The minimum atomic E-state index is 0.459. The number of hydrogen-bond acceptors (Lipinski definition) is 3. The van der Waals surface area contributed by atoms with Gasteiger partial charge in [-0.05, 0) is 38.2 Å². The summed E-state index contributed by atoms with van der Waals surface area (Å²) in [4.78, 5) is 3.64. The van der Waals surface area contributed by atoms with Gasteiger partial charge >= 0.3 is 0 Å². The Morgan fingerprint density at radius 3 is 2.58 bits per heavy atom. The molecule has 1 N–H and O–H groups in total. The van der Waals surface area contributed by atoms with E-state index in [9.17, 15) is 0 Å². The average Bonchev–Trinajstić information content (AvgIpc) is 2.82. The molecular weight excluding hydrogens is 276 g/mol. The molecule has 4 heteroatoms. The van der Waals surface area contributed by atoms with Gasteiger partial charge in [0.15, 0.2) is 0 Å². The van der Waals surface area contributed by atoms with Crippen molar-refractivity contribution in [2.24, 2.45) is 0 Å². The standard InChI is InChI=1S/C15H19ClN2S/c1-12(10-17-13-6-4-3-5-7-13)18(2)11-14-8-9-15(16)19-14/h3-9,12,17H,10-11H2,1-2H3. The zero-order valence-corrected chi connectivity index (χ0v) is 12.8. The molecule has 0 amide bonds. The number of anilines is 1. The fourth-order valence-corrected chi connectivity index (χ4v) is 2.97. The highest BCUT2D eigenvalue weighted by molar-refractivity contribution is 7.16. The summed E-state index contributed by atoms with van der Waals surface area (Å²) in [5.41, 5.74) is 1.17. The summed E-state index contributed by atoms with van der Waals surface area (Å²) in [5, 5.41) is 3.45. The molecular formula is C15H19ClN2S. The topological polar surface area (TPSA) is 15.3 Å². The van der Waals surface area contributed by atoms with Crippen LogP contribution in [0.15, 0.2) is 42.5 Å². The third kappa shape index (κ3) is 4.53. The second-order valence-corrected chi connectivity index (χ2v) is 6.52. The summed E-state index contributed by atoms with van der Waals surface area (Å²) in [7, 11) is 2.14. The molecule has 0 spiro atoms. The maximum Gasteiger partial charge on any atom is 0.0931 e. The monoisotopic (exact) mass is 294 g/mol. The molecule has 1 unspecified atom stereocenters. The molecule has 1 aromatic heterocycles. The van der Waals surface area contributed by atoms with Crippen LogP contribution in [0, 0.1) is 0 Å². The number of rotatable bonds is 6. The van der Waals surface area contributed by atoms with Crippen LogP contribution in [0.4, 0.5) is 5.69 Å². The summed E-state index contributed by atoms with van der Waals surface area (Å²) in [6, 6.07) is 14.8. The molecule has 0 saturated carbocycles. The van der Waals surface area contributed by atoms with E-state index >= 15 is 0 Å². The highest BCUT2D eigenvalue weighted by Crippen LogP contribution is 2.22. The van der Waals surface area contributed by atoms with Gasteiger partial charge in [0.05, 0.1) is 4.34 Å². The van der Waals surface area contributed by atoms with Crippen LogP contribution in [0.5, 0.6) is 0 Å². The molecule has 102 valence electrons. The summed E-state index contributed by atoms with van der Waals surface area (Å²) >= 11 is 7.60. The Morgan fingerprint density at radius 1 is 1.21 bits per heavy atom. The molecule has 19 heavy (non-hydrogen) atoms. The molecule has 2 aromatic rings. The second-order valence-electron chi connectivity index (χ2n) is 4.72. The van der Waals surface area contributed by atoms with Crippen molar-refractivity contribution in [2.75, 3.05) is 18.9 Å². The van der Waals surface area contributed by atoms with Gasteiger partial charge in [-0.25, -0.2) is 0 Å². The fourth-order valence-electron chi connectivity index (χ4n) is 1.82. The molecule has 0 saturated heterocycles. The smallest absolute Gasteiger partial charge is 0.0931 e. The van der Waals surface area contributed by atoms with E-state index < -0.39 is 0 Å². The van der Waals surface area contributed by atoms with Crippen LogP contribution in [0.3, 0.4) is 0 Å². The number of halogens is 1. The van der Waals surface area contributed by atoms with Gasteiger partial charge in [0.1, 0.15) is 0 Å². The van der Waals surface area contributed by atoms with Gasteiger partial charge in [0.25, 0.3) is 0 Å². The molecule has 0 bridgehead atoms. The minimum Gasteiger partial charge on any atom is -0.383 e. The van der Waals surface area contributed by atoms with Crippen LogP contribution in [0.25, 0.3) is 0 Å². The maximum absolute atomic E-state index is 5.95. The lowest BCUT2D eigenvalue weighted by molar-refractivity contribution is 0.261. The Labute approximate surface area is 124 Å². The number of hydrogen-bond donors (Lipinski definition) is 1. The van der Waals surface area contributed by atoms with Crippen molar-refractivity contribution in [3.63, 3.8) is 0 Å². The number of likely N-dealkylation sites (N-methyl/N-ethyl adjacent to an activating group) is 1. The summed E-state index contributed by atoms with van der Waals surface area (Å²) < 4.78 is 0.860. The quantitative estimate of drug-likeness (QED) is 0.853. The lowest BCUT2D eigenvalue weighted by Gasteiger charge is -2.24. The first-order valence-electron chi connectivity index (χ1n) is 6.38. The molecule has 0 aliphatic heterocycles. The van der Waals surface area contributed by atoms with E-state index in [1.54, 1.807) is 11.3 Å². The summed E-state index contributed by atoms with van der Waals surface area (Å²) in [6.07, 6.45) is 0. The molecule has 0 aliphatic rings. The number of thiophene rings is 1. The normalized spacial score (nSPS) is 12.6. The highest BCUT2D eigenvalue weighted by atomic mass is 35.5. The van der Waals surface area contributed by atoms with Crippen LogP contribution in [-0.2, 0) is 6.54 Å². The highest BCUT2D eigenvalue weighted by Gasteiger charge is 2.10. The second kappa shape index (κ2) is 6.94. The molecule has 2 nitrogen and oxygen atoms in total. The maximum atomic E-state index is 5.95. The molecule has 1 aromatic carbocycles. The number of nitrogens with zero attached hydrogens (tertiary/aromatic N) is 1. The van der Waals surface area contributed by atoms with Gasteiger partial charge in [0, 0.05) is 29.7 Å². The van der Waals surface area contributed by atoms with Crippen LogP contribution in [0.1, 0.15) is 11.8 Å². The number of benzene rings is 1. The Bertz CT molecular complexity index is 498. The van der Waals surface area contributed by atoms with Crippen LogP contribution in [0.2, 0.25) is 4.34 Å². The summed E-state index contributed by atoms with van der Waals surface area (Å²) in [6.45, 7) is 4.10. The summed E-state index contributed by atoms with van der Waals surface area (Å²) in [5.74, 6) is 0. The van der Waals surface area contributed by atoms with E-state index in [-0.39, 0.29) is 0 Å². The van der Waals surface area contributed by atoms with Crippen molar-refractivity contribution >= 4 is 28.6 Å². The lowest BCUT2D eigenvalue weighted by atomic mass is 10.2. The SMILES string of the molecule is CC(CNc1ccccc1)N(C)Cc1ccc(Cl)s1. The predicted octanol–water partition coefficient (Wildman–Crippen LogP) is 4.33. The molecule has 1 heterocycles. The first-order valence-corrected chi connectivity index (χ1v) is 7.58. The van der Waals surface area contributed by atoms with Crippen LogP contribution >= 0.6 is 22.9 Å². The lowest BCUT2D eigenvalue weighted by Crippen LogP contribution is -2.34. The third-order valence-corrected chi connectivity index (χ3v) is 4.38. The largest absolute Gasteiger partial charge is 0.383 e. The van der Waals surface area contributed by atoms with E-state index in [0.717, 1.165) is 17.4 Å². The van der Waals surface area contributed by atoms with Crippen LogP contribution < -0.4 is 5.32 Å². The molecule has 2 rings (SSSR count). The predicted molar refractivity (Wildman–Crippen MR) is 85.2 cm³/mol. The Hall–Kier alpha value is -1.03. The zero-order chi connectivity index (χ0) is 13.7. The number of para-hydroxylation sites is 1. The van der Waals surface area contributed by atoms with E-state index in [0.29, 0.717) is 6.04 Å². The first kappa shape index (κ1) is 14.4. The van der Waals surface area contributed by atoms with Crippen molar-refractivity contribution in [2.45, 2.75) is 19.5 Å². The van der Waals surface area contributed by atoms with Gasteiger partial charge < -0.3 is 5.32 Å². The van der Waals surface area contributed by atoms with E-state index in [1.165, 1.54) is 10.6 Å². The Morgan fingerprint density at radius 2 is 1.95 bits per heavy atom. The van der Waals surface area contributed by atoms with Crippen LogP contribution in [-0.4, -0.2) is 24.5 Å². The van der Waals surface area contributed by atoms with Gasteiger partial charge in [-0.1, -0.05) is 29.8 Å². The third-order valence-electron chi connectivity index (χ3n) is 3.16. The van der Waals surface area contributed by atoms with E-state index in [4.69, 9.17) is 11.6 Å². The Kier molecular flexibility index (Phi) is 5.25. The van der Waals surface area contributed by atoms with Crippen molar-refractivity contribution in [3.8, 4) is 0 Å². The molecule has 0 aliphatic carbocycles. The van der Waals surface area contributed by atoms with Gasteiger partial charge in [0.2, 0.25) is 0 Å². The average molecular weight is 295 g/mol. The Balaban J connectivity index is 1.80. The van der Waals surface area contributed by atoms with Crippen molar-refractivity contribution in [1.29, 1.82) is 0 Å². The zero-order valence-electron chi connectivity index (χ0n) is 11.3. The minimum absolute atomic E-state index is 0.459. The molecule has 1 atom stereocenters. The van der Waals surface area contributed by atoms with Crippen molar-refractivity contribution in [1.82, 2.24) is 4.90 Å². The van der Waals surface area contributed by atoms with Gasteiger partial charge in [-0.15, -0.1) is 11.3 Å². The first-order chi connectivity index (χ1) is 9.15. The van der Waals surface area contributed by atoms with Crippen molar-refractivity contribution in [3.05, 3.63) is 51.7 Å². The van der Waals surface area contributed by atoms with Gasteiger partial charge in [-0.3, -0.25) is 4.90 Å². The van der Waals surface area contributed by atoms with E-state index in [1.807, 2.05) is 24.3 Å².